The fourth-order valence-electron chi connectivity index (χ4n) is 2.00. The molecule has 1 aromatic carbocycles. The largest absolute Gasteiger partial charge is 0.513 e. The molecule has 0 aliphatic carbocycles. The van der Waals surface area contributed by atoms with Gasteiger partial charge in [-0.3, -0.25) is 9.80 Å². The summed E-state index contributed by atoms with van der Waals surface area (Å²) in [7, 11) is -5.50. The number of alkyl halides is 3. The topological polar surface area (TPSA) is 86.7 Å². The number of hydrazine groups is 1. The number of fused-ring (bicyclic) bond motifs is 1. The second-order valence-corrected chi connectivity index (χ2v) is 6.13. The summed E-state index contributed by atoms with van der Waals surface area (Å²) in [5, 5.41) is 9.57. The van der Waals surface area contributed by atoms with Crippen molar-refractivity contribution in [2.75, 3.05) is 11.6 Å². The Morgan fingerprint density at radius 2 is 2.05 bits per heavy atom. The molecule has 0 saturated carbocycles. The lowest BCUT2D eigenvalue weighted by molar-refractivity contribution is -0.136. The minimum Gasteiger partial charge on any atom is -0.481 e. The Morgan fingerprint density at radius 1 is 1.38 bits per heavy atom. The second-order valence-electron chi connectivity index (χ2n) is 4.48. The van der Waals surface area contributed by atoms with Gasteiger partial charge in [-0.1, -0.05) is 12.1 Å². The van der Waals surface area contributed by atoms with Crippen molar-refractivity contribution in [1.82, 2.24) is 4.83 Å². The Kier molecular flexibility index (Phi) is 3.85. The zero-order valence-corrected chi connectivity index (χ0v) is 11.3. The van der Waals surface area contributed by atoms with E-state index in [4.69, 9.17) is 5.11 Å². The Balaban J connectivity index is 2.27. The van der Waals surface area contributed by atoms with E-state index in [1.807, 2.05) is 0 Å². The van der Waals surface area contributed by atoms with Gasteiger partial charge in [-0.2, -0.15) is 13.2 Å². The number of hydrogen-bond acceptors (Lipinski definition) is 4. The number of rotatable bonds is 4. The van der Waals surface area contributed by atoms with E-state index in [2.05, 4.69) is 0 Å². The molecule has 21 heavy (non-hydrogen) atoms. The molecule has 1 aromatic rings. The summed E-state index contributed by atoms with van der Waals surface area (Å²) in [6, 6.07) is 4.50. The van der Waals surface area contributed by atoms with E-state index in [1.54, 1.807) is 12.1 Å². The van der Waals surface area contributed by atoms with E-state index in [0.717, 1.165) is 5.01 Å². The molecule has 0 spiro atoms. The van der Waals surface area contributed by atoms with Crippen molar-refractivity contribution in [1.29, 1.82) is 0 Å². The van der Waals surface area contributed by atoms with Gasteiger partial charge in [0.25, 0.3) is 0 Å². The molecule has 0 amide bonds. The number of benzene rings is 1. The normalized spacial score (nSPS) is 15.1. The van der Waals surface area contributed by atoms with Crippen LogP contribution in [0.15, 0.2) is 18.2 Å². The van der Waals surface area contributed by atoms with Crippen molar-refractivity contribution in [3.8, 4) is 0 Å². The summed E-state index contributed by atoms with van der Waals surface area (Å²) >= 11 is 0. The van der Waals surface area contributed by atoms with Crippen LogP contribution in [0.3, 0.4) is 0 Å². The first-order valence-electron chi connectivity index (χ1n) is 5.80. The maximum absolute atomic E-state index is 12.4. The molecule has 0 saturated heterocycles. The van der Waals surface area contributed by atoms with Crippen LogP contribution in [0, 0.1) is 0 Å². The van der Waals surface area contributed by atoms with Crippen molar-refractivity contribution in [2.45, 2.75) is 18.3 Å². The van der Waals surface area contributed by atoms with E-state index >= 15 is 0 Å². The van der Waals surface area contributed by atoms with Gasteiger partial charge in [-0.05, 0) is 23.6 Å². The third-order valence-corrected chi connectivity index (χ3v) is 4.01. The first-order chi connectivity index (χ1) is 9.60. The number of nitrogens with one attached hydrogen (secondary N) is 1. The van der Waals surface area contributed by atoms with Crippen LogP contribution in [-0.2, 0) is 27.7 Å². The van der Waals surface area contributed by atoms with Crippen LogP contribution in [0.4, 0.5) is 18.9 Å². The highest BCUT2D eigenvalue weighted by Gasteiger charge is 2.47. The molecule has 1 heterocycles. The minimum atomic E-state index is -5.50. The van der Waals surface area contributed by atoms with Crippen molar-refractivity contribution < 1.29 is 31.5 Å². The van der Waals surface area contributed by atoms with E-state index in [-0.39, 0.29) is 18.7 Å². The number of halogens is 3. The summed E-state index contributed by atoms with van der Waals surface area (Å²) in [6.07, 6.45) is 0.0657. The molecule has 0 unspecified atom stereocenters. The predicted octanol–water partition coefficient (Wildman–Crippen LogP) is 1.03. The molecule has 0 bridgehead atoms. The minimum absolute atomic E-state index is 0.0428. The van der Waals surface area contributed by atoms with Gasteiger partial charge in [0.1, 0.15) is 0 Å². The van der Waals surface area contributed by atoms with Crippen LogP contribution in [0.25, 0.3) is 0 Å². The van der Waals surface area contributed by atoms with Crippen LogP contribution >= 0.6 is 0 Å². The van der Waals surface area contributed by atoms with E-state index in [1.165, 1.54) is 10.9 Å². The summed E-state index contributed by atoms with van der Waals surface area (Å²) in [4.78, 5) is 12.1. The summed E-state index contributed by atoms with van der Waals surface area (Å²) in [6.45, 7) is 0.0428. The van der Waals surface area contributed by atoms with Crippen molar-refractivity contribution >= 4 is 21.7 Å². The molecule has 0 radical (unpaired) electrons. The lowest BCUT2D eigenvalue weighted by Gasteiger charge is -2.21. The molecule has 116 valence electrons. The smallest absolute Gasteiger partial charge is 0.481 e. The Morgan fingerprint density at radius 3 is 2.62 bits per heavy atom. The standard InChI is InChI=1S/C11H11F3N2O4S/c12-11(13,14)21(19,20)15-16-4-3-8-2-1-7(5-9(8)16)6-10(17)18/h1-2,5,15H,3-4,6H2,(H,17,18). The molecular weight excluding hydrogens is 313 g/mol. The maximum Gasteiger partial charge on any atom is 0.513 e. The van der Waals surface area contributed by atoms with E-state index in [0.29, 0.717) is 17.5 Å². The fourth-order valence-corrected chi connectivity index (χ4v) is 2.58. The van der Waals surface area contributed by atoms with Crippen LogP contribution in [0.2, 0.25) is 0 Å². The molecule has 10 heteroatoms. The second kappa shape index (κ2) is 5.19. The predicted molar refractivity (Wildman–Crippen MR) is 66.9 cm³/mol. The summed E-state index contributed by atoms with van der Waals surface area (Å²) in [5.41, 5.74) is -4.15. The molecule has 2 rings (SSSR count). The lowest BCUT2D eigenvalue weighted by Crippen LogP contribution is -2.47. The highest BCUT2D eigenvalue weighted by Crippen LogP contribution is 2.30. The molecule has 1 aliphatic rings. The number of sulfonamides is 1. The van der Waals surface area contributed by atoms with Gasteiger partial charge < -0.3 is 5.11 Å². The van der Waals surface area contributed by atoms with E-state index in [9.17, 15) is 26.4 Å². The van der Waals surface area contributed by atoms with Gasteiger partial charge >= 0.3 is 21.5 Å². The molecular formula is C11H11F3N2O4S. The number of aliphatic carboxylic acids is 1. The lowest BCUT2D eigenvalue weighted by atomic mass is 10.1. The fraction of sp³-hybridized carbons (Fsp3) is 0.364. The Hall–Kier alpha value is -1.81. The molecule has 0 fully saturated rings. The number of anilines is 1. The highest BCUT2D eigenvalue weighted by atomic mass is 32.2. The van der Waals surface area contributed by atoms with E-state index < -0.39 is 21.5 Å². The number of hydrogen-bond donors (Lipinski definition) is 2. The third kappa shape index (κ3) is 3.27. The third-order valence-electron chi connectivity index (χ3n) is 2.94. The van der Waals surface area contributed by atoms with Gasteiger partial charge in [0, 0.05) is 6.54 Å². The van der Waals surface area contributed by atoms with Gasteiger partial charge in [-0.15, -0.1) is 4.83 Å². The van der Waals surface area contributed by atoms with Gasteiger partial charge in [0.2, 0.25) is 0 Å². The summed E-state index contributed by atoms with van der Waals surface area (Å²) in [5.74, 6) is -1.09. The first kappa shape index (κ1) is 15.6. The Bertz CT molecular complexity index is 673. The van der Waals surface area contributed by atoms with Gasteiger partial charge in [0.15, 0.2) is 0 Å². The number of carbonyl (C=O) groups is 1. The maximum atomic E-state index is 12.4. The number of carboxylic acids is 1. The van der Waals surface area contributed by atoms with Crippen LogP contribution in [0.5, 0.6) is 0 Å². The summed E-state index contributed by atoms with van der Waals surface area (Å²) < 4.78 is 59.3. The average Bonchev–Trinajstić information content (AvgIpc) is 2.69. The number of nitrogens with zero attached hydrogens (tertiary/aromatic N) is 1. The van der Waals surface area contributed by atoms with Crippen LogP contribution in [-0.4, -0.2) is 31.5 Å². The quantitative estimate of drug-likeness (QED) is 0.864. The monoisotopic (exact) mass is 324 g/mol. The van der Waals surface area contributed by atoms with Crippen molar-refractivity contribution in [2.24, 2.45) is 0 Å². The molecule has 0 atom stereocenters. The van der Waals surface area contributed by atoms with Crippen LogP contribution in [0.1, 0.15) is 11.1 Å². The zero-order valence-electron chi connectivity index (χ0n) is 10.5. The van der Waals surface area contributed by atoms with Gasteiger partial charge in [-0.25, -0.2) is 8.42 Å². The highest BCUT2D eigenvalue weighted by molar-refractivity contribution is 7.90. The molecule has 2 N–H and O–H groups in total. The molecule has 1 aliphatic heterocycles. The van der Waals surface area contributed by atoms with Crippen molar-refractivity contribution in [3.63, 3.8) is 0 Å². The number of carboxylic acid groups (broad SMARTS) is 1. The average molecular weight is 324 g/mol. The molecule has 0 aromatic heterocycles. The van der Waals surface area contributed by atoms with Crippen LogP contribution < -0.4 is 9.84 Å². The van der Waals surface area contributed by atoms with Gasteiger partial charge in [0.05, 0.1) is 12.1 Å². The first-order valence-corrected chi connectivity index (χ1v) is 7.28. The Labute approximate surface area is 118 Å². The van der Waals surface area contributed by atoms with Crippen molar-refractivity contribution in [3.05, 3.63) is 29.3 Å². The SMILES string of the molecule is O=C(O)Cc1ccc2c(c1)N(NS(=O)(=O)C(F)(F)F)CC2. The molecule has 6 nitrogen and oxygen atoms in total. The zero-order chi connectivity index (χ0) is 15.8.